The molecule has 2 heterocycles. The molecule has 74 valence electrons. The maximum absolute atomic E-state index is 4.55. The lowest BCUT2D eigenvalue weighted by atomic mass is 10.0. The van der Waals surface area contributed by atoms with Crippen molar-refractivity contribution in [2.45, 2.75) is 33.9 Å². The van der Waals surface area contributed by atoms with Crippen molar-refractivity contribution in [3.8, 4) is 0 Å². The van der Waals surface area contributed by atoms with Crippen LogP contribution in [0.15, 0.2) is 21.7 Å². The summed E-state index contributed by atoms with van der Waals surface area (Å²) in [5.74, 6) is 0.472. The number of hydrazone groups is 1. The number of hydrogen-bond acceptors (Lipinski definition) is 2. The Labute approximate surface area is 84.6 Å². The number of allylic oxidation sites excluding steroid dienone is 1. The molecule has 0 saturated heterocycles. The van der Waals surface area contributed by atoms with Crippen LogP contribution in [0.1, 0.15) is 27.7 Å². The maximum Gasteiger partial charge on any atom is 0.299 e. The second kappa shape index (κ2) is 3.15. The van der Waals surface area contributed by atoms with Gasteiger partial charge in [0.15, 0.2) is 0 Å². The minimum absolute atomic E-state index is 0.123. The SMILES string of the molecule is CC1=CC(C(C)C)=N[N+]2=CC(C)=NC12. The molecule has 1 atom stereocenters. The molecule has 0 aromatic heterocycles. The Kier molecular flexibility index (Phi) is 2.10. The molecule has 2 aliphatic heterocycles. The number of nitrogens with zero attached hydrogens (tertiary/aromatic N) is 3. The first-order valence-electron chi connectivity index (χ1n) is 5.02. The summed E-state index contributed by atoms with van der Waals surface area (Å²) < 4.78 is 1.96. The number of aliphatic imine (C=N–C) groups is 1. The van der Waals surface area contributed by atoms with Gasteiger partial charge in [-0.3, -0.25) is 0 Å². The van der Waals surface area contributed by atoms with Gasteiger partial charge >= 0.3 is 0 Å². The van der Waals surface area contributed by atoms with Crippen molar-refractivity contribution in [1.29, 1.82) is 0 Å². The third kappa shape index (κ3) is 1.43. The van der Waals surface area contributed by atoms with E-state index < -0.39 is 0 Å². The van der Waals surface area contributed by atoms with Gasteiger partial charge in [0.05, 0.1) is 0 Å². The van der Waals surface area contributed by atoms with Gasteiger partial charge in [-0.2, -0.15) is 0 Å². The van der Waals surface area contributed by atoms with Crippen molar-refractivity contribution in [2.24, 2.45) is 16.0 Å². The first-order valence-corrected chi connectivity index (χ1v) is 5.02. The highest BCUT2D eigenvalue weighted by atomic mass is 15.4. The summed E-state index contributed by atoms with van der Waals surface area (Å²) in [4.78, 5) is 4.50. The van der Waals surface area contributed by atoms with Crippen LogP contribution in [0.5, 0.6) is 0 Å². The van der Waals surface area contributed by atoms with Crippen molar-refractivity contribution >= 4 is 17.6 Å². The molecule has 0 aliphatic carbocycles. The molecule has 0 spiro atoms. The van der Waals surface area contributed by atoms with Crippen molar-refractivity contribution in [3.63, 3.8) is 0 Å². The highest BCUT2D eigenvalue weighted by molar-refractivity contribution is 6.28. The zero-order valence-corrected chi connectivity index (χ0v) is 9.15. The minimum Gasteiger partial charge on any atom is -0.210 e. The molecule has 1 unspecified atom stereocenters. The molecule has 0 N–H and O–H groups in total. The second-order valence-corrected chi connectivity index (χ2v) is 4.22. The van der Waals surface area contributed by atoms with E-state index in [2.05, 4.69) is 36.9 Å². The highest BCUT2D eigenvalue weighted by Crippen LogP contribution is 2.19. The molecule has 0 amide bonds. The third-order valence-corrected chi connectivity index (χ3v) is 2.50. The normalized spacial score (nSPS) is 25.4. The van der Waals surface area contributed by atoms with Gasteiger partial charge in [0.25, 0.3) is 6.17 Å². The second-order valence-electron chi connectivity index (χ2n) is 4.22. The summed E-state index contributed by atoms with van der Waals surface area (Å²) in [6, 6.07) is 0. The van der Waals surface area contributed by atoms with Gasteiger partial charge in [0, 0.05) is 11.5 Å². The molecule has 0 aromatic carbocycles. The predicted molar refractivity (Wildman–Crippen MR) is 59.3 cm³/mol. The van der Waals surface area contributed by atoms with Crippen LogP contribution in [0.3, 0.4) is 0 Å². The van der Waals surface area contributed by atoms with Crippen LogP contribution < -0.4 is 0 Å². The Morgan fingerprint density at radius 3 is 2.71 bits per heavy atom. The van der Waals surface area contributed by atoms with E-state index >= 15 is 0 Å². The molecule has 0 aromatic rings. The van der Waals surface area contributed by atoms with Crippen LogP contribution in [0, 0.1) is 5.92 Å². The third-order valence-electron chi connectivity index (χ3n) is 2.50. The lowest BCUT2D eigenvalue weighted by Crippen LogP contribution is -2.26. The fourth-order valence-electron chi connectivity index (χ4n) is 1.69. The summed E-state index contributed by atoms with van der Waals surface area (Å²) >= 11 is 0. The molecule has 0 bridgehead atoms. The lowest BCUT2D eigenvalue weighted by molar-refractivity contribution is -0.553. The summed E-state index contributed by atoms with van der Waals surface area (Å²) in [5.41, 5.74) is 3.47. The first-order chi connectivity index (χ1) is 6.58. The van der Waals surface area contributed by atoms with Gasteiger partial charge in [-0.05, 0) is 25.0 Å². The van der Waals surface area contributed by atoms with Gasteiger partial charge in [-0.25, -0.2) is 4.99 Å². The summed E-state index contributed by atoms with van der Waals surface area (Å²) in [6.07, 6.45) is 4.28. The zero-order valence-electron chi connectivity index (χ0n) is 9.15. The molecular weight excluding hydrogens is 174 g/mol. The molecule has 3 heteroatoms. The Balaban J connectivity index is 2.39. The zero-order chi connectivity index (χ0) is 10.3. The largest absolute Gasteiger partial charge is 0.299 e. The van der Waals surface area contributed by atoms with E-state index in [0.29, 0.717) is 5.92 Å². The topological polar surface area (TPSA) is 27.7 Å². The Hall–Kier alpha value is -1.25. The van der Waals surface area contributed by atoms with Crippen molar-refractivity contribution in [1.82, 2.24) is 0 Å². The average molecular weight is 190 g/mol. The van der Waals surface area contributed by atoms with Gasteiger partial charge in [-0.1, -0.05) is 18.5 Å². The molecule has 3 nitrogen and oxygen atoms in total. The van der Waals surface area contributed by atoms with Crippen LogP contribution in [0.2, 0.25) is 0 Å². The van der Waals surface area contributed by atoms with Crippen LogP contribution in [0.4, 0.5) is 0 Å². The monoisotopic (exact) mass is 190 g/mol. The first kappa shape index (κ1) is 9.31. The smallest absolute Gasteiger partial charge is 0.210 e. The number of hydrogen-bond donors (Lipinski definition) is 0. The van der Waals surface area contributed by atoms with E-state index in [0.717, 1.165) is 11.4 Å². The van der Waals surface area contributed by atoms with Crippen LogP contribution in [-0.4, -0.2) is 28.5 Å². The van der Waals surface area contributed by atoms with E-state index in [-0.39, 0.29) is 6.17 Å². The maximum atomic E-state index is 4.55. The Morgan fingerprint density at radius 1 is 1.36 bits per heavy atom. The molecule has 14 heavy (non-hydrogen) atoms. The van der Waals surface area contributed by atoms with Gasteiger partial charge in [0.2, 0.25) is 6.21 Å². The van der Waals surface area contributed by atoms with Crippen LogP contribution >= 0.6 is 0 Å². The number of fused-ring (bicyclic) bond motifs is 1. The van der Waals surface area contributed by atoms with E-state index in [1.54, 1.807) is 0 Å². The van der Waals surface area contributed by atoms with E-state index in [4.69, 9.17) is 0 Å². The molecule has 0 radical (unpaired) electrons. The Morgan fingerprint density at radius 2 is 2.07 bits per heavy atom. The van der Waals surface area contributed by atoms with Crippen molar-refractivity contribution < 1.29 is 4.68 Å². The molecule has 2 rings (SSSR count). The van der Waals surface area contributed by atoms with E-state index in [1.165, 1.54) is 5.57 Å². The molecule has 2 aliphatic rings. The van der Waals surface area contributed by atoms with Gasteiger partial charge < -0.3 is 0 Å². The standard InChI is InChI=1S/C11H16N3/c1-7(2)10-5-8(3)11-12-9(4)6-14(11)13-10/h5-7,11H,1-4H3/q+1. The predicted octanol–water partition coefficient (Wildman–Crippen LogP) is 1.84. The average Bonchev–Trinajstić information content (AvgIpc) is 2.45. The molecule has 0 saturated carbocycles. The van der Waals surface area contributed by atoms with E-state index in [9.17, 15) is 0 Å². The van der Waals surface area contributed by atoms with Crippen molar-refractivity contribution in [2.75, 3.05) is 0 Å². The molecular formula is C11H16N3+. The summed E-state index contributed by atoms with van der Waals surface area (Å²) in [7, 11) is 0. The fraction of sp³-hybridized carbons (Fsp3) is 0.545. The minimum atomic E-state index is 0.123. The molecule has 0 fully saturated rings. The summed E-state index contributed by atoms with van der Waals surface area (Å²) in [6.45, 7) is 8.44. The van der Waals surface area contributed by atoms with Crippen molar-refractivity contribution in [3.05, 3.63) is 11.6 Å². The number of rotatable bonds is 1. The fourth-order valence-corrected chi connectivity index (χ4v) is 1.69. The van der Waals surface area contributed by atoms with E-state index in [1.807, 2.05) is 17.8 Å². The van der Waals surface area contributed by atoms with Crippen LogP contribution in [-0.2, 0) is 0 Å². The summed E-state index contributed by atoms with van der Waals surface area (Å²) in [5, 5.41) is 4.55. The van der Waals surface area contributed by atoms with Crippen LogP contribution in [0.25, 0.3) is 0 Å². The highest BCUT2D eigenvalue weighted by Gasteiger charge is 2.32. The lowest BCUT2D eigenvalue weighted by Gasteiger charge is -2.12. The Bertz CT molecular complexity index is 383. The van der Waals surface area contributed by atoms with Gasteiger partial charge in [-0.15, -0.1) is 0 Å². The van der Waals surface area contributed by atoms with Gasteiger partial charge in [0.1, 0.15) is 11.4 Å². The quantitative estimate of drug-likeness (QED) is 0.564.